The molecule has 6 heteroatoms. The molecule has 1 amide bonds. The van der Waals surface area contributed by atoms with Crippen molar-refractivity contribution in [2.45, 2.75) is 51.5 Å². The van der Waals surface area contributed by atoms with Crippen LogP contribution in [-0.2, 0) is 0 Å². The molecule has 140 valence electrons. The summed E-state index contributed by atoms with van der Waals surface area (Å²) < 4.78 is 0. The third-order valence-electron chi connectivity index (χ3n) is 6.78. The van der Waals surface area contributed by atoms with Gasteiger partial charge in [0.1, 0.15) is 0 Å². The average molecular weight is 411 g/mol. The van der Waals surface area contributed by atoms with Crippen molar-refractivity contribution in [1.29, 1.82) is 0 Å². The van der Waals surface area contributed by atoms with E-state index in [-0.39, 0.29) is 17.0 Å². The van der Waals surface area contributed by atoms with Crippen molar-refractivity contribution in [1.82, 2.24) is 10.6 Å². The molecule has 0 unspecified atom stereocenters. The van der Waals surface area contributed by atoms with Crippen LogP contribution in [0.1, 0.15) is 55.8 Å². The number of rotatable bonds is 3. The van der Waals surface area contributed by atoms with Gasteiger partial charge in [-0.05, 0) is 93.0 Å². The Morgan fingerprint density at radius 1 is 1.15 bits per heavy atom. The fourth-order valence-corrected chi connectivity index (χ4v) is 6.60. The number of benzene rings is 1. The second-order valence-electron chi connectivity index (χ2n) is 8.53. The Balaban J connectivity index is 1.40. The smallest absolute Gasteiger partial charge is 0.258 e. The number of halogens is 2. The molecule has 0 radical (unpaired) electrons. The summed E-state index contributed by atoms with van der Waals surface area (Å²) in [4.78, 5) is 12.5. The summed E-state index contributed by atoms with van der Waals surface area (Å²) in [5.74, 6) is 2.34. The first-order chi connectivity index (χ1) is 12.4. The molecular formula is C20H24Cl2N2OS. The summed E-state index contributed by atoms with van der Waals surface area (Å²) in [5, 5.41) is 7.14. The van der Waals surface area contributed by atoms with Gasteiger partial charge in [0.2, 0.25) is 0 Å². The van der Waals surface area contributed by atoms with Gasteiger partial charge in [0.05, 0.1) is 15.6 Å². The molecule has 5 rings (SSSR count). The first-order valence-electron chi connectivity index (χ1n) is 9.42. The molecule has 26 heavy (non-hydrogen) atoms. The van der Waals surface area contributed by atoms with E-state index in [1.165, 1.54) is 38.5 Å². The van der Waals surface area contributed by atoms with Gasteiger partial charge in [0.25, 0.3) is 5.91 Å². The van der Waals surface area contributed by atoms with Crippen LogP contribution in [0, 0.1) is 23.2 Å². The van der Waals surface area contributed by atoms with Crippen molar-refractivity contribution in [3.05, 3.63) is 33.8 Å². The van der Waals surface area contributed by atoms with Gasteiger partial charge in [-0.1, -0.05) is 29.3 Å². The number of carbonyl (C=O) groups excluding carboxylic acids is 1. The Bertz CT molecular complexity index is 716. The minimum absolute atomic E-state index is 0.253. The largest absolute Gasteiger partial charge is 0.359 e. The third kappa shape index (κ3) is 3.36. The van der Waals surface area contributed by atoms with E-state index in [9.17, 15) is 4.79 Å². The molecule has 1 aromatic carbocycles. The number of amides is 1. The fourth-order valence-electron chi connectivity index (χ4n) is 5.94. The second kappa shape index (κ2) is 6.96. The van der Waals surface area contributed by atoms with Crippen molar-refractivity contribution in [2.75, 3.05) is 0 Å². The first kappa shape index (κ1) is 18.5. The highest BCUT2D eigenvalue weighted by atomic mass is 35.5. The second-order valence-corrected chi connectivity index (χ2v) is 9.72. The van der Waals surface area contributed by atoms with Gasteiger partial charge in [0.15, 0.2) is 5.11 Å². The monoisotopic (exact) mass is 410 g/mol. The Hall–Kier alpha value is -0.840. The van der Waals surface area contributed by atoms with Crippen LogP contribution < -0.4 is 10.6 Å². The van der Waals surface area contributed by atoms with Gasteiger partial charge in [-0.25, -0.2) is 0 Å². The fraction of sp³-hybridized carbons (Fsp3) is 0.600. The summed E-state index contributed by atoms with van der Waals surface area (Å²) >= 11 is 17.5. The molecule has 1 atom stereocenters. The van der Waals surface area contributed by atoms with E-state index < -0.39 is 0 Å². The Kier molecular flexibility index (Phi) is 4.96. The maximum atomic E-state index is 12.5. The molecule has 4 aliphatic rings. The number of hydrogen-bond acceptors (Lipinski definition) is 2. The highest BCUT2D eigenvalue weighted by Gasteiger charge is 2.53. The summed E-state index contributed by atoms with van der Waals surface area (Å²) in [5.41, 5.74) is 0.669. The third-order valence-corrected chi connectivity index (χ3v) is 7.81. The maximum Gasteiger partial charge on any atom is 0.258 e. The lowest BCUT2D eigenvalue weighted by Crippen LogP contribution is -2.57. The molecular weight excluding hydrogens is 387 g/mol. The van der Waals surface area contributed by atoms with Gasteiger partial charge in [-0.15, -0.1) is 0 Å². The van der Waals surface area contributed by atoms with Crippen LogP contribution in [0.25, 0.3) is 0 Å². The molecule has 0 aromatic heterocycles. The lowest BCUT2D eigenvalue weighted by Gasteiger charge is -2.59. The molecule has 1 aromatic rings. The Labute approximate surface area is 170 Å². The van der Waals surface area contributed by atoms with Crippen molar-refractivity contribution in [3.8, 4) is 0 Å². The standard InChI is InChI=1S/C20H24Cl2N2OS/c1-11(20-8-12-5-13(9-20)7-14(6-12)10-20)23-19(26)24-18(25)15-3-2-4-16(21)17(15)22/h2-4,11-14H,5-10H2,1H3,(H2,23,24,25,26)/t11-,12?,13?,14?,20?/m0/s1. The molecule has 4 saturated carbocycles. The van der Waals surface area contributed by atoms with Crippen molar-refractivity contribution in [2.24, 2.45) is 23.2 Å². The van der Waals surface area contributed by atoms with E-state index in [2.05, 4.69) is 17.6 Å². The van der Waals surface area contributed by atoms with Crippen molar-refractivity contribution < 1.29 is 4.79 Å². The van der Waals surface area contributed by atoms with Crippen LogP contribution in [-0.4, -0.2) is 17.1 Å². The lowest BCUT2D eigenvalue weighted by atomic mass is 9.48. The molecule has 3 nitrogen and oxygen atoms in total. The minimum Gasteiger partial charge on any atom is -0.359 e. The van der Waals surface area contributed by atoms with Crippen LogP contribution in [0.5, 0.6) is 0 Å². The van der Waals surface area contributed by atoms with Gasteiger partial charge < -0.3 is 5.32 Å². The number of carbonyl (C=O) groups is 1. The minimum atomic E-state index is -0.326. The SMILES string of the molecule is C[C@H](NC(=S)NC(=O)c1cccc(Cl)c1Cl)C12CC3CC(CC(C3)C1)C2. The molecule has 4 fully saturated rings. The van der Waals surface area contributed by atoms with Crippen LogP contribution >= 0.6 is 35.4 Å². The first-order valence-corrected chi connectivity index (χ1v) is 10.6. The Morgan fingerprint density at radius 3 is 2.31 bits per heavy atom. The van der Waals surface area contributed by atoms with Gasteiger partial charge in [0, 0.05) is 6.04 Å². The van der Waals surface area contributed by atoms with E-state index >= 15 is 0 Å². The number of thiocarbonyl (C=S) groups is 1. The molecule has 0 spiro atoms. The molecule has 0 heterocycles. The predicted molar refractivity (Wildman–Crippen MR) is 110 cm³/mol. The van der Waals surface area contributed by atoms with Crippen LogP contribution in [0.15, 0.2) is 18.2 Å². The van der Waals surface area contributed by atoms with Gasteiger partial charge >= 0.3 is 0 Å². The summed E-state index contributed by atoms with van der Waals surface area (Å²) in [6.45, 7) is 2.22. The molecule has 4 aliphatic carbocycles. The van der Waals surface area contributed by atoms with E-state index in [4.69, 9.17) is 35.4 Å². The zero-order chi connectivity index (χ0) is 18.5. The number of nitrogens with one attached hydrogen (secondary N) is 2. The number of hydrogen-bond donors (Lipinski definition) is 2. The molecule has 0 saturated heterocycles. The van der Waals surface area contributed by atoms with Gasteiger partial charge in [-0.2, -0.15) is 0 Å². The van der Waals surface area contributed by atoms with Gasteiger partial charge in [-0.3, -0.25) is 10.1 Å². The highest BCUT2D eigenvalue weighted by Crippen LogP contribution is 2.61. The molecule has 2 N–H and O–H groups in total. The van der Waals surface area contributed by atoms with E-state index in [0.29, 0.717) is 21.1 Å². The summed E-state index contributed by atoms with van der Waals surface area (Å²) in [6.07, 6.45) is 8.14. The lowest BCUT2D eigenvalue weighted by molar-refractivity contribution is -0.0672. The van der Waals surface area contributed by atoms with E-state index in [1.54, 1.807) is 18.2 Å². The highest BCUT2D eigenvalue weighted by molar-refractivity contribution is 7.80. The van der Waals surface area contributed by atoms with E-state index in [0.717, 1.165) is 17.8 Å². The normalized spacial score (nSPS) is 33.0. The van der Waals surface area contributed by atoms with E-state index in [1.807, 2.05) is 0 Å². The maximum absolute atomic E-state index is 12.5. The Morgan fingerprint density at radius 2 is 1.73 bits per heavy atom. The van der Waals surface area contributed by atoms with Crippen LogP contribution in [0.2, 0.25) is 10.0 Å². The zero-order valence-electron chi connectivity index (χ0n) is 14.9. The summed E-state index contributed by atoms with van der Waals surface area (Å²) in [6, 6.07) is 5.28. The quantitative estimate of drug-likeness (QED) is 0.672. The summed E-state index contributed by atoms with van der Waals surface area (Å²) in [7, 11) is 0. The zero-order valence-corrected chi connectivity index (χ0v) is 17.2. The van der Waals surface area contributed by atoms with Crippen molar-refractivity contribution in [3.63, 3.8) is 0 Å². The molecule has 4 bridgehead atoms. The predicted octanol–water partition coefficient (Wildman–Crippen LogP) is 5.20. The van der Waals surface area contributed by atoms with Crippen LogP contribution in [0.4, 0.5) is 0 Å². The average Bonchev–Trinajstić information content (AvgIpc) is 2.55. The molecule has 0 aliphatic heterocycles. The van der Waals surface area contributed by atoms with Crippen molar-refractivity contribution >= 4 is 46.4 Å². The van der Waals surface area contributed by atoms with Crippen LogP contribution in [0.3, 0.4) is 0 Å². The topological polar surface area (TPSA) is 41.1 Å².